The van der Waals surface area contributed by atoms with Crippen molar-refractivity contribution in [1.82, 2.24) is 0 Å². The quantitative estimate of drug-likeness (QED) is 0.762. The maximum absolute atomic E-state index is 5.58. The number of hydrogen-bond donors (Lipinski definition) is 1. The van der Waals surface area contributed by atoms with Crippen LogP contribution in [0.5, 0.6) is 0 Å². The molecule has 0 radical (unpaired) electrons. The van der Waals surface area contributed by atoms with Gasteiger partial charge in [0.05, 0.1) is 19.4 Å². The monoisotopic (exact) mass is 211 g/mol. The van der Waals surface area contributed by atoms with Crippen molar-refractivity contribution >= 4 is 0 Å². The summed E-state index contributed by atoms with van der Waals surface area (Å²) >= 11 is 0. The lowest BCUT2D eigenvalue weighted by atomic mass is 9.93. The molecule has 0 amide bonds. The first kappa shape index (κ1) is 12.3. The molecule has 2 N–H and O–H groups in total. The van der Waals surface area contributed by atoms with E-state index in [1.807, 2.05) is 6.07 Å². The summed E-state index contributed by atoms with van der Waals surface area (Å²) in [6.45, 7) is 8.43. The zero-order chi connectivity index (χ0) is 11.3. The van der Waals surface area contributed by atoms with Crippen molar-refractivity contribution in [2.75, 3.05) is 6.61 Å². The van der Waals surface area contributed by atoms with Crippen molar-refractivity contribution < 1.29 is 9.15 Å². The summed E-state index contributed by atoms with van der Waals surface area (Å²) in [7, 11) is 0. The van der Waals surface area contributed by atoms with E-state index in [2.05, 4.69) is 20.8 Å². The molecule has 0 atom stereocenters. The van der Waals surface area contributed by atoms with Crippen LogP contribution in [-0.2, 0) is 17.9 Å². The third-order valence-electron chi connectivity index (χ3n) is 2.28. The molecule has 3 nitrogen and oxygen atoms in total. The van der Waals surface area contributed by atoms with Crippen LogP contribution in [0.1, 0.15) is 38.5 Å². The van der Waals surface area contributed by atoms with Crippen LogP contribution < -0.4 is 5.73 Å². The lowest BCUT2D eigenvalue weighted by molar-refractivity contribution is 0.0952. The van der Waals surface area contributed by atoms with E-state index >= 15 is 0 Å². The van der Waals surface area contributed by atoms with Gasteiger partial charge in [-0.05, 0) is 17.9 Å². The molecule has 0 aliphatic carbocycles. The number of rotatable bonds is 5. The van der Waals surface area contributed by atoms with E-state index in [9.17, 15) is 0 Å². The Morgan fingerprint density at radius 2 is 2.13 bits per heavy atom. The van der Waals surface area contributed by atoms with E-state index in [0.717, 1.165) is 24.4 Å². The maximum atomic E-state index is 5.58. The van der Waals surface area contributed by atoms with Gasteiger partial charge < -0.3 is 14.9 Å². The first-order valence-corrected chi connectivity index (χ1v) is 5.36. The highest BCUT2D eigenvalue weighted by atomic mass is 16.5. The standard InChI is InChI=1S/C12H21NO2/c1-12(2,3)5-7-14-9-10-4-6-15-11(10)8-13/h4,6H,5,7-9,13H2,1-3H3. The summed E-state index contributed by atoms with van der Waals surface area (Å²) in [6, 6.07) is 1.92. The van der Waals surface area contributed by atoms with Gasteiger partial charge in [-0.15, -0.1) is 0 Å². The van der Waals surface area contributed by atoms with Crippen molar-refractivity contribution in [2.24, 2.45) is 11.1 Å². The average Bonchev–Trinajstić information content (AvgIpc) is 2.58. The Morgan fingerprint density at radius 3 is 2.73 bits per heavy atom. The Labute approximate surface area is 91.6 Å². The van der Waals surface area contributed by atoms with E-state index in [1.165, 1.54) is 0 Å². The van der Waals surface area contributed by atoms with Gasteiger partial charge >= 0.3 is 0 Å². The van der Waals surface area contributed by atoms with Crippen molar-refractivity contribution in [1.29, 1.82) is 0 Å². The highest BCUT2D eigenvalue weighted by molar-refractivity contribution is 5.15. The van der Waals surface area contributed by atoms with Crippen LogP contribution in [0.15, 0.2) is 16.7 Å². The molecule has 0 aromatic carbocycles. The highest BCUT2D eigenvalue weighted by Crippen LogP contribution is 2.18. The molecule has 0 aliphatic rings. The minimum atomic E-state index is 0.326. The molecule has 0 fully saturated rings. The predicted octanol–water partition coefficient (Wildman–Crippen LogP) is 2.69. The molecule has 0 saturated carbocycles. The summed E-state index contributed by atoms with van der Waals surface area (Å²) in [5.74, 6) is 0.825. The summed E-state index contributed by atoms with van der Waals surface area (Å²) in [4.78, 5) is 0. The van der Waals surface area contributed by atoms with Gasteiger partial charge in [0.2, 0.25) is 0 Å². The van der Waals surface area contributed by atoms with Gasteiger partial charge in [0.25, 0.3) is 0 Å². The smallest absolute Gasteiger partial charge is 0.122 e. The van der Waals surface area contributed by atoms with E-state index in [1.54, 1.807) is 6.26 Å². The van der Waals surface area contributed by atoms with Crippen molar-refractivity contribution in [3.63, 3.8) is 0 Å². The lowest BCUT2D eigenvalue weighted by Crippen LogP contribution is -2.10. The number of hydrogen-bond acceptors (Lipinski definition) is 3. The molecule has 1 heterocycles. The predicted molar refractivity (Wildman–Crippen MR) is 60.3 cm³/mol. The molecule has 1 rings (SSSR count). The van der Waals surface area contributed by atoms with Crippen molar-refractivity contribution in [2.45, 2.75) is 40.3 Å². The minimum Gasteiger partial charge on any atom is -0.468 e. The summed E-state index contributed by atoms with van der Waals surface area (Å²) in [5, 5.41) is 0. The Morgan fingerprint density at radius 1 is 1.40 bits per heavy atom. The first-order chi connectivity index (χ1) is 7.03. The normalized spacial score (nSPS) is 12.0. The maximum Gasteiger partial charge on any atom is 0.122 e. The zero-order valence-electron chi connectivity index (χ0n) is 9.88. The topological polar surface area (TPSA) is 48.4 Å². The molecule has 0 spiro atoms. The SMILES string of the molecule is CC(C)(C)CCOCc1ccoc1CN. The van der Waals surface area contributed by atoms with E-state index in [0.29, 0.717) is 18.6 Å². The first-order valence-electron chi connectivity index (χ1n) is 5.36. The van der Waals surface area contributed by atoms with E-state index in [-0.39, 0.29) is 0 Å². The summed E-state index contributed by atoms with van der Waals surface area (Å²) in [6.07, 6.45) is 2.72. The van der Waals surface area contributed by atoms with Gasteiger partial charge in [0.1, 0.15) is 5.76 Å². The molecular weight excluding hydrogens is 190 g/mol. The van der Waals surface area contributed by atoms with Gasteiger partial charge in [-0.1, -0.05) is 20.8 Å². The van der Waals surface area contributed by atoms with E-state index < -0.39 is 0 Å². The van der Waals surface area contributed by atoms with Crippen LogP contribution in [0.3, 0.4) is 0 Å². The van der Waals surface area contributed by atoms with Crippen LogP contribution in [0.4, 0.5) is 0 Å². The Kier molecular flexibility index (Phi) is 4.36. The summed E-state index contributed by atoms with van der Waals surface area (Å²) < 4.78 is 10.8. The molecule has 15 heavy (non-hydrogen) atoms. The van der Waals surface area contributed by atoms with Gasteiger partial charge in [-0.3, -0.25) is 0 Å². The second kappa shape index (κ2) is 5.33. The van der Waals surface area contributed by atoms with Crippen LogP contribution in [0, 0.1) is 5.41 Å². The fraction of sp³-hybridized carbons (Fsp3) is 0.667. The summed E-state index contributed by atoms with van der Waals surface area (Å²) in [5.41, 5.74) is 6.91. The van der Waals surface area contributed by atoms with Crippen LogP contribution in [-0.4, -0.2) is 6.61 Å². The highest BCUT2D eigenvalue weighted by Gasteiger charge is 2.10. The fourth-order valence-electron chi connectivity index (χ4n) is 1.24. The fourth-order valence-corrected chi connectivity index (χ4v) is 1.24. The Bertz CT molecular complexity index is 286. The molecule has 86 valence electrons. The largest absolute Gasteiger partial charge is 0.468 e. The Balaban J connectivity index is 2.26. The van der Waals surface area contributed by atoms with Gasteiger partial charge in [0.15, 0.2) is 0 Å². The van der Waals surface area contributed by atoms with Crippen LogP contribution >= 0.6 is 0 Å². The molecule has 0 aliphatic heterocycles. The molecule has 0 bridgehead atoms. The number of ether oxygens (including phenoxy) is 1. The lowest BCUT2D eigenvalue weighted by Gasteiger charge is -2.17. The number of furan rings is 1. The van der Waals surface area contributed by atoms with Crippen molar-refractivity contribution in [3.05, 3.63) is 23.7 Å². The Hall–Kier alpha value is -0.800. The molecule has 0 unspecified atom stereocenters. The average molecular weight is 211 g/mol. The molecule has 1 aromatic rings. The second-order valence-corrected chi connectivity index (χ2v) is 4.94. The number of nitrogens with two attached hydrogens (primary N) is 1. The van der Waals surface area contributed by atoms with Gasteiger partial charge in [-0.2, -0.15) is 0 Å². The zero-order valence-corrected chi connectivity index (χ0v) is 9.88. The van der Waals surface area contributed by atoms with Crippen LogP contribution in [0.2, 0.25) is 0 Å². The van der Waals surface area contributed by atoms with Crippen LogP contribution in [0.25, 0.3) is 0 Å². The molecule has 0 saturated heterocycles. The molecular formula is C12H21NO2. The third kappa shape index (κ3) is 4.49. The molecule has 1 aromatic heterocycles. The van der Waals surface area contributed by atoms with E-state index in [4.69, 9.17) is 14.9 Å². The van der Waals surface area contributed by atoms with Gasteiger partial charge in [0, 0.05) is 12.2 Å². The third-order valence-corrected chi connectivity index (χ3v) is 2.28. The minimum absolute atomic E-state index is 0.326. The van der Waals surface area contributed by atoms with Gasteiger partial charge in [-0.25, -0.2) is 0 Å². The molecule has 3 heteroatoms. The van der Waals surface area contributed by atoms with Crippen molar-refractivity contribution in [3.8, 4) is 0 Å². The second-order valence-electron chi connectivity index (χ2n) is 4.94.